The maximum atomic E-state index is 12.0. The molecule has 1 rings (SSSR count). The Labute approximate surface area is 101 Å². The zero-order valence-corrected chi connectivity index (χ0v) is 9.89. The summed E-state index contributed by atoms with van der Waals surface area (Å²) in [6.07, 6.45) is -4.73. The van der Waals surface area contributed by atoms with E-state index in [4.69, 9.17) is 11.6 Å². The zero-order chi connectivity index (χ0) is 13.2. The quantitative estimate of drug-likeness (QED) is 0.779. The average Bonchev–Trinajstić information content (AvgIpc) is 2.18. The number of ketones is 1. The molecule has 0 N–H and O–H groups in total. The van der Waals surface area contributed by atoms with Gasteiger partial charge >= 0.3 is 6.36 Å². The standard InChI is InChI=1S/C11H10ClF3O2/c1-6-5-8(10(12)7(2)16)3-4-9(6)17-11(13,14)15/h3-5,10H,1-2H3. The molecule has 0 saturated carbocycles. The predicted octanol–water partition coefficient (Wildman–Crippen LogP) is 3.76. The molecule has 1 aromatic carbocycles. The van der Waals surface area contributed by atoms with Crippen molar-refractivity contribution >= 4 is 17.4 Å². The molecule has 0 aliphatic carbocycles. The molecule has 0 fully saturated rings. The maximum absolute atomic E-state index is 12.0. The molecule has 1 atom stereocenters. The number of carbonyl (C=O) groups is 1. The van der Waals surface area contributed by atoms with Gasteiger partial charge in [0.2, 0.25) is 0 Å². The van der Waals surface area contributed by atoms with E-state index in [0.29, 0.717) is 5.56 Å². The van der Waals surface area contributed by atoms with Crippen LogP contribution in [0.15, 0.2) is 18.2 Å². The van der Waals surface area contributed by atoms with E-state index in [2.05, 4.69) is 4.74 Å². The largest absolute Gasteiger partial charge is 0.573 e. The van der Waals surface area contributed by atoms with Gasteiger partial charge in [-0.2, -0.15) is 0 Å². The third-order valence-corrected chi connectivity index (χ3v) is 2.63. The lowest BCUT2D eigenvalue weighted by molar-refractivity contribution is -0.274. The normalized spacial score (nSPS) is 13.3. The van der Waals surface area contributed by atoms with Gasteiger partial charge in [-0.15, -0.1) is 24.8 Å². The lowest BCUT2D eigenvalue weighted by Crippen LogP contribution is -2.17. The van der Waals surface area contributed by atoms with Crippen molar-refractivity contribution in [3.8, 4) is 5.75 Å². The second kappa shape index (κ2) is 4.96. The third-order valence-electron chi connectivity index (χ3n) is 2.07. The Morgan fingerprint density at radius 3 is 2.41 bits per heavy atom. The second-order valence-corrected chi connectivity index (χ2v) is 3.98. The van der Waals surface area contributed by atoms with Crippen LogP contribution in [0.2, 0.25) is 0 Å². The van der Waals surface area contributed by atoms with Gasteiger partial charge in [-0.3, -0.25) is 4.79 Å². The van der Waals surface area contributed by atoms with Gasteiger partial charge < -0.3 is 4.74 Å². The molecule has 1 aromatic rings. The van der Waals surface area contributed by atoms with E-state index in [1.165, 1.54) is 26.0 Å². The van der Waals surface area contributed by atoms with Crippen LogP contribution >= 0.6 is 11.6 Å². The lowest BCUT2D eigenvalue weighted by atomic mass is 10.1. The molecule has 1 unspecified atom stereocenters. The number of carbonyl (C=O) groups excluding carboxylic acids is 1. The van der Waals surface area contributed by atoms with Crippen molar-refractivity contribution in [2.24, 2.45) is 0 Å². The highest BCUT2D eigenvalue weighted by Gasteiger charge is 2.31. The molecule has 0 bridgehead atoms. The van der Waals surface area contributed by atoms with Gasteiger partial charge in [0.05, 0.1) is 0 Å². The van der Waals surface area contributed by atoms with Crippen LogP contribution in [0, 0.1) is 6.92 Å². The van der Waals surface area contributed by atoms with Crippen molar-refractivity contribution in [2.45, 2.75) is 25.6 Å². The molecular weight excluding hydrogens is 257 g/mol. The number of halogens is 4. The molecule has 0 spiro atoms. The molecule has 2 nitrogen and oxygen atoms in total. The van der Waals surface area contributed by atoms with Crippen LogP contribution < -0.4 is 4.74 Å². The molecule has 17 heavy (non-hydrogen) atoms. The third kappa shape index (κ3) is 3.93. The summed E-state index contributed by atoms with van der Waals surface area (Å²) in [5.74, 6) is -0.566. The Morgan fingerprint density at radius 1 is 1.41 bits per heavy atom. The monoisotopic (exact) mass is 266 g/mol. The van der Waals surface area contributed by atoms with Gasteiger partial charge in [-0.25, -0.2) is 0 Å². The van der Waals surface area contributed by atoms with E-state index in [1.54, 1.807) is 0 Å². The molecule has 0 saturated heterocycles. The Hall–Kier alpha value is -1.23. The van der Waals surface area contributed by atoms with E-state index in [9.17, 15) is 18.0 Å². The summed E-state index contributed by atoms with van der Waals surface area (Å²) in [6.45, 7) is 2.77. The highest BCUT2D eigenvalue weighted by atomic mass is 35.5. The van der Waals surface area contributed by atoms with Crippen LogP contribution in [-0.2, 0) is 4.79 Å². The van der Waals surface area contributed by atoms with Crippen molar-refractivity contribution in [1.82, 2.24) is 0 Å². The summed E-state index contributed by atoms with van der Waals surface area (Å²) in [5, 5.41) is -0.853. The summed E-state index contributed by atoms with van der Waals surface area (Å²) < 4.78 is 39.8. The lowest BCUT2D eigenvalue weighted by Gasteiger charge is -2.13. The first-order valence-electron chi connectivity index (χ1n) is 4.71. The Balaban J connectivity index is 2.98. The number of benzene rings is 1. The topological polar surface area (TPSA) is 26.3 Å². The average molecular weight is 267 g/mol. The zero-order valence-electron chi connectivity index (χ0n) is 9.14. The van der Waals surface area contributed by atoms with Crippen molar-refractivity contribution in [3.63, 3.8) is 0 Å². The number of rotatable bonds is 3. The van der Waals surface area contributed by atoms with E-state index in [1.807, 2.05) is 0 Å². The number of hydrogen-bond acceptors (Lipinski definition) is 2. The van der Waals surface area contributed by atoms with Crippen molar-refractivity contribution in [2.75, 3.05) is 0 Å². The number of hydrogen-bond donors (Lipinski definition) is 0. The molecule has 6 heteroatoms. The highest BCUT2D eigenvalue weighted by Crippen LogP contribution is 2.30. The Bertz CT molecular complexity index is 429. The molecule has 0 aliphatic rings. The summed E-state index contributed by atoms with van der Waals surface area (Å²) in [6, 6.07) is 3.89. The number of Topliss-reactive ketones (excluding diaryl/α,β-unsaturated/α-hetero) is 1. The van der Waals surface area contributed by atoms with Gasteiger partial charge in [0, 0.05) is 0 Å². The highest BCUT2D eigenvalue weighted by molar-refractivity contribution is 6.30. The molecule has 0 amide bonds. The van der Waals surface area contributed by atoms with Crippen molar-refractivity contribution < 1.29 is 22.7 Å². The van der Waals surface area contributed by atoms with Gasteiger partial charge in [0.1, 0.15) is 11.1 Å². The summed E-state index contributed by atoms with van der Waals surface area (Å²) in [4.78, 5) is 11.0. The maximum Gasteiger partial charge on any atom is 0.573 e. The van der Waals surface area contributed by atoms with Crippen molar-refractivity contribution in [1.29, 1.82) is 0 Å². The first-order chi connectivity index (χ1) is 7.70. The fraction of sp³-hybridized carbons (Fsp3) is 0.364. The fourth-order valence-electron chi connectivity index (χ4n) is 1.30. The molecular formula is C11H10ClF3O2. The fourth-order valence-corrected chi connectivity index (χ4v) is 1.44. The number of ether oxygens (including phenoxy) is 1. The van der Waals surface area contributed by atoms with Gasteiger partial charge in [0.15, 0.2) is 5.78 Å². The molecule has 94 valence electrons. The van der Waals surface area contributed by atoms with Gasteiger partial charge in [-0.05, 0) is 31.0 Å². The minimum atomic E-state index is -4.73. The molecule has 0 radical (unpaired) electrons. The van der Waals surface area contributed by atoms with Crippen LogP contribution in [-0.4, -0.2) is 12.1 Å². The minimum absolute atomic E-state index is 0.268. The van der Waals surface area contributed by atoms with E-state index < -0.39 is 11.7 Å². The first kappa shape index (κ1) is 13.8. The number of aryl methyl sites for hydroxylation is 1. The van der Waals surface area contributed by atoms with Crippen LogP contribution in [0.5, 0.6) is 5.75 Å². The first-order valence-corrected chi connectivity index (χ1v) is 5.15. The van der Waals surface area contributed by atoms with Crippen molar-refractivity contribution in [3.05, 3.63) is 29.3 Å². The Morgan fingerprint density at radius 2 is 2.00 bits per heavy atom. The summed E-state index contributed by atoms with van der Waals surface area (Å²) in [7, 11) is 0. The molecule has 0 aliphatic heterocycles. The SMILES string of the molecule is CC(=O)C(Cl)c1ccc(OC(F)(F)F)c(C)c1. The van der Waals surface area contributed by atoms with Crippen LogP contribution in [0.4, 0.5) is 13.2 Å². The van der Waals surface area contributed by atoms with Gasteiger partial charge in [0.25, 0.3) is 0 Å². The Kier molecular flexibility index (Phi) is 4.03. The van der Waals surface area contributed by atoms with E-state index in [0.717, 1.165) is 6.07 Å². The van der Waals surface area contributed by atoms with Gasteiger partial charge in [-0.1, -0.05) is 12.1 Å². The smallest absolute Gasteiger partial charge is 0.406 e. The number of alkyl halides is 4. The molecule has 0 aromatic heterocycles. The van der Waals surface area contributed by atoms with Crippen LogP contribution in [0.3, 0.4) is 0 Å². The van der Waals surface area contributed by atoms with Crippen LogP contribution in [0.25, 0.3) is 0 Å². The summed E-state index contributed by atoms with van der Waals surface area (Å²) >= 11 is 5.79. The second-order valence-electron chi connectivity index (χ2n) is 3.55. The predicted molar refractivity (Wildman–Crippen MR) is 57.1 cm³/mol. The molecule has 0 heterocycles. The summed E-state index contributed by atoms with van der Waals surface area (Å²) in [5.41, 5.74) is 0.720. The van der Waals surface area contributed by atoms with Crippen LogP contribution in [0.1, 0.15) is 23.4 Å². The van der Waals surface area contributed by atoms with E-state index in [-0.39, 0.29) is 17.1 Å². The van der Waals surface area contributed by atoms with E-state index >= 15 is 0 Å². The minimum Gasteiger partial charge on any atom is -0.406 e.